The molecule has 1 saturated heterocycles. The standard InChI is InChI=1S/C18H24N4O/c1-12-9-16(13(2)22(12)15-6-7-15)18(23)21-8-4-5-17(21)14-10-19-20(3)11-14/h9-11,15,17H,4-8H2,1-3H3/t17-/m1/s1. The van der Waals surface area contributed by atoms with Gasteiger partial charge in [-0.05, 0) is 45.6 Å². The van der Waals surface area contributed by atoms with Crippen molar-refractivity contribution in [3.63, 3.8) is 0 Å². The SMILES string of the molecule is Cc1cc(C(=O)N2CCC[C@@H]2c2cnn(C)c2)c(C)n1C1CC1. The lowest BCUT2D eigenvalue weighted by atomic mass is 10.1. The van der Waals surface area contributed by atoms with Crippen LogP contribution in [-0.4, -0.2) is 31.7 Å². The Labute approximate surface area is 136 Å². The Hall–Kier alpha value is -2.04. The van der Waals surface area contributed by atoms with Crippen molar-refractivity contribution in [2.45, 2.75) is 51.6 Å². The molecule has 1 aliphatic carbocycles. The van der Waals surface area contributed by atoms with Crippen LogP contribution >= 0.6 is 0 Å². The van der Waals surface area contributed by atoms with E-state index in [4.69, 9.17) is 0 Å². The van der Waals surface area contributed by atoms with Crippen molar-refractivity contribution in [1.82, 2.24) is 19.2 Å². The number of hydrogen-bond acceptors (Lipinski definition) is 2. The Morgan fingerprint density at radius 2 is 2.04 bits per heavy atom. The summed E-state index contributed by atoms with van der Waals surface area (Å²) in [4.78, 5) is 15.2. The second-order valence-electron chi connectivity index (χ2n) is 6.99. The van der Waals surface area contributed by atoms with Crippen LogP contribution in [-0.2, 0) is 7.05 Å². The van der Waals surface area contributed by atoms with Crippen LogP contribution < -0.4 is 0 Å². The zero-order valence-electron chi connectivity index (χ0n) is 14.1. The Balaban J connectivity index is 1.64. The van der Waals surface area contributed by atoms with E-state index in [9.17, 15) is 4.79 Å². The van der Waals surface area contributed by atoms with Gasteiger partial charge >= 0.3 is 0 Å². The lowest BCUT2D eigenvalue weighted by Crippen LogP contribution is -2.30. The van der Waals surface area contributed by atoms with E-state index in [1.807, 2.05) is 29.0 Å². The summed E-state index contributed by atoms with van der Waals surface area (Å²) >= 11 is 0. The van der Waals surface area contributed by atoms with Crippen LogP contribution in [0.5, 0.6) is 0 Å². The van der Waals surface area contributed by atoms with Gasteiger partial charge in [0.1, 0.15) is 0 Å². The Morgan fingerprint density at radius 3 is 2.70 bits per heavy atom. The highest BCUT2D eigenvalue weighted by Crippen LogP contribution is 2.39. The van der Waals surface area contributed by atoms with Crippen LogP contribution in [0.4, 0.5) is 0 Å². The topological polar surface area (TPSA) is 43.1 Å². The molecule has 5 nitrogen and oxygen atoms in total. The number of nitrogens with zero attached hydrogens (tertiary/aromatic N) is 4. The molecular formula is C18H24N4O. The normalized spacial score (nSPS) is 21.2. The predicted octanol–water partition coefficient (Wildman–Crippen LogP) is 3.15. The largest absolute Gasteiger partial charge is 0.345 e. The van der Waals surface area contributed by atoms with Crippen LogP contribution in [0.15, 0.2) is 18.5 Å². The summed E-state index contributed by atoms with van der Waals surface area (Å²) in [7, 11) is 1.92. The highest BCUT2D eigenvalue weighted by Gasteiger charge is 2.34. The molecule has 0 bridgehead atoms. The molecule has 3 heterocycles. The maximum Gasteiger partial charge on any atom is 0.256 e. The van der Waals surface area contributed by atoms with E-state index < -0.39 is 0 Å². The van der Waals surface area contributed by atoms with Crippen LogP contribution in [0.3, 0.4) is 0 Å². The summed E-state index contributed by atoms with van der Waals surface area (Å²) in [5.41, 5.74) is 4.37. The van der Waals surface area contributed by atoms with Crippen molar-refractivity contribution in [2.24, 2.45) is 7.05 Å². The first kappa shape index (κ1) is 14.5. The van der Waals surface area contributed by atoms with Gasteiger partial charge in [0, 0.05) is 42.8 Å². The number of amides is 1. The second kappa shape index (κ2) is 5.25. The van der Waals surface area contributed by atoms with Crippen molar-refractivity contribution >= 4 is 5.91 Å². The van der Waals surface area contributed by atoms with Crippen LogP contribution in [0.25, 0.3) is 0 Å². The number of carbonyl (C=O) groups is 1. The van der Waals surface area contributed by atoms with Crippen molar-refractivity contribution in [1.29, 1.82) is 0 Å². The van der Waals surface area contributed by atoms with Crippen LogP contribution in [0.2, 0.25) is 0 Å². The first-order valence-corrected chi connectivity index (χ1v) is 8.54. The van der Waals surface area contributed by atoms with Gasteiger partial charge in [0.05, 0.1) is 17.8 Å². The fourth-order valence-corrected chi connectivity index (χ4v) is 4.01. The third-order valence-corrected chi connectivity index (χ3v) is 5.25. The lowest BCUT2D eigenvalue weighted by Gasteiger charge is -2.24. The molecule has 23 heavy (non-hydrogen) atoms. The molecule has 0 radical (unpaired) electrons. The fraction of sp³-hybridized carbons (Fsp3) is 0.556. The molecule has 1 aliphatic heterocycles. The van der Waals surface area contributed by atoms with E-state index >= 15 is 0 Å². The minimum atomic E-state index is 0.167. The monoisotopic (exact) mass is 312 g/mol. The number of aromatic nitrogens is 3. The molecule has 122 valence electrons. The fourth-order valence-electron chi connectivity index (χ4n) is 4.01. The van der Waals surface area contributed by atoms with E-state index in [1.165, 1.54) is 18.5 Å². The minimum absolute atomic E-state index is 0.167. The van der Waals surface area contributed by atoms with Crippen molar-refractivity contribution in [2.75, 3.05) is 6.54 Å². The summed E-state index contributed by atoms with van der Waals surface area (Å²) in [5.74, 6) is 0.177. The van der Waals surface area contributed by atoms with E-state index in [-0.39, 0.29) is 11.9 Å². The molecule has 2 aromatic rings. The smallest absolute Gasteiger partial charge is 0.256 e. The van der Waals surface area contributed by atoms with Crippen LogP contribution in [0.1, 0.15) is 65.1 Å². The molecule has 0 spiro atoms. The molecule has 1 atom stereocenters. The number of carbonyl (C=O) groups excluding carboxylic acids is 1. The number of rotatable bonds is 3. The van der Waals surface area contributed by atoms with Gasteiger partial charge in [-0.3, -0.25) is 9.48 Å². The molecule has 5 heteroatoms. The van der Waals surface area contributed by atoms with E-state index in [0.717, 1.165) is 36.2 Å². The van der Waals surface area contributed by atoms with Crippen molar-refractivity contribution in [3.8, 4) is 0 Å². The lowest BCUT2D eigenvalue weighted by molar-refractivity contribution is 0.0734. The first-order chi connectivity index (χ1) is 11.1. The molecule has 1 saturated carbocycles. The predicted molar refractivity (Wildman–Crippen MR) is 88.4 cm³/mol. The number of hydrogen-bond donors (Lipinski definition) is 0. The third kappa shape index (κ3) is 2.38. The van der Waals surface area contributed by atoms with Gasteiger partial charge in [0.2, 0.25) is 0 Å². The maximum absolute atomic E-state index is 13.2. The average molecular weight is 312 g/mol. The summed E-state index contributed by atoms with van der Waals surface area (Å²) in [6.45, 7) is 5.05. The molecule has 0 unspecified atom stereocenters. The molecule has 0 aromatic carbocycles. The zero-order valence-corrected chi connectivity index (χ0v) is 14.1. The van der Waals surface area contributed by atoms with E-state index in [1.54, 1.807) is 0 Å². The molecular weight excluding hydrogens is 288 g/mol. The van der Waals surface area contributed by atoms with Gasteiger partial charge in [-0.25, -0.2) is 0 Å². The number of likely N-dealkylation sites (tertiary alicyclic amines) is 1. The summed E-state index contributed by atoms with van der Waals surface area (Å²) in [5, 5.41) is 4.27. The molecule has 2 fully saturated rings. The summed E-state index contributed by atoms with van der Waals surface area (Å²) in [6, 6.07) is 2.86. The quantitative estimate of drug-likeness (QED) is 0.874. The van der Waals surface area contributed by atoms with Gasteiger partial charge in [0.15, 0.2) is 0 Å². The van der Waals surface area contributed by atoms with Crippen molar-refractivity contribution < 1.29 is 4.79 Å². The van der Waals surface area contributed by atoms with Crippen LogP contribution in [0, 0.1) is 13.8 Å². The Morgan fingerprint density at radius 1 is 1.26 bits per heavy atom. The van der Waals surface area contributed by atoms with E-state index in [2.05, 4.69) is 29.6 Å². The number of aryl methyl sites for hydroxylation is 2. The highest BCUT2D eigenvalue weighted by molar-refractivity contribution is 5.96. The molecule has 4 rings (SSSR count). The molecule has 2 aliphatic rings. The summed E-state index contributed by atoms with van der Waals surface area (Å²) in [6.07, 6.45) is 8.50. The zero-order chi connectivity index (χ0) is 16.1. The van der Waals surface area contributed by atoms with Gasteiger partial charge in [0.25, 0.3) is 5.91 Å². The van der Waals surface area contributed by atoms with Gasteiger partial charge in [-0.15, -0.1) is 0 Å². The third-order valence-electron chi connectivity index (χ3n) is 5.25. The van der Waals surface area contributed by atoms with Gasteiger partial charge < -0.3 is 9.47 Å². The molecule has 0 N–H and O–H groups in total. The Bertz CT molecular complexity index is 753. The molecule has 2 aromatic heterocycles. The average Bonchev–Trinajstić information content (AvgIpc) is 2.96. The maximum atomic E-state index is 13.2. The van der Waals surface area contributed by atoms with Crippen molar-refractivity contribution in [3.05, 3.63) is 41.0 Å². The minimum Gasteiger partial charge on any atom is -0.345 e. The van der Waals surface area contributed by atoms with Gasteiger partial charge in [-0.2, -0.15) is 5.10 Å². The highest BCUT2D eigenvalue weighted by atomic mass is 16.2. The Kier molecular flexibility index (Phi) is 3.32. The van der Waals surface area contributed by atoms with E-state index in [0.29, 0.717) is 6.04 Å². The summed E-state index contributed by atoms with van der Waals surface area (Å²) < 4.78 is 4.16. The first-order valence-electron chi connectivity index (χ1n) is 8.54. The second-order valence-corrected chi connectivity index (χ2v) is 6.99. The molecule has 1 amide bonds. The van der Waals surface area contributed by atoms with Gasteiger partial charge in [-0.1, -0.05) is 0 Å².